The van der Waals surface area contributed by atoms with Gasteiger partial charge in [0, 0.05) is 17.0 Å². The predicted octanol–water partition coefficient (Wildman–Crippen LogP) is 5.08. The lowest BCUT2D eigenvalue weighted by Gasteiger charge is -2.08. The average Bonchev–Trinajstić information content (AvgIpc) is 3.41. The van der Waals surface area contributed by atoms with Crippen LogP contribution < -0.4 is 5.32 Å². The van der Waals surface area contributed by atoms with E-state index in [4.69, 9.17) is 4.42 Å². The smallest absolute Gasteiger partial charge is 0.134 e. The van der Waals surface area contributed by atoms with Gasteiger partial charge in [-0.25, -0.2) is 0 Å². The second-order valence-electron chi connectivity index (χ2n) is 6.93. The van der Waals surface area contributed by atoms with Crippen molar-refractivity contribution >= 4 is 11.0 Å². The molecular weight excluding hydrogens is 258 g/mol. The van der Waals surface area contributed by atoms with E-state index >= 15 is 0 Å². The highest BCUT2D eigenvalue weighted by atomic mass is 16.3. The Hall–Kier alpha value is -1.28. The number of rotatable bonds is 6. The van der Waals surface area contributed by atoms with Crippen LogP contribution in [0.4, 0.5) is 0 Å². The molecule has 2 heteroatoms. The third-order valence-electron chi connectivity index (χ3n) is 5.12. The van der Waals surface area contributed by atoms with Crippen molar-refractivity contribution < 1.29 is 4.42 Å². The number of hydrogen-bond acceptors (Lipinski definition) is 2. The molecule has 0 radical (unpaired) electrons. The van der Waals surface area contributed by atoms with Crippen molar-refractivity contribution in [1.29, 1.82) is 0 Å². The summed E-state index contributed by atoms with van der Waals surface area (Å²) < 4.78 is 6.18. The SMILES string of the molecule is CCC(C)c1ccc2oc(CNC3CC3)c(C3CC3)c2c1. The van der Waals surface area contributed by atoms with E-state index in [9.17, 15) is 0 Å². The Labute approximate surface area is 126 Å². The van der Waals surface area contributed by atoms with Crippen LogP contribution in [0.5, 0.6) is 0 Å². The maximum absolute atomic E-state index is 6.18. The molecule has 1 atom stereocenters. The lowest BCUT2D eigenvalue weighted by atomic mass is 9.95. The molecule has 0 amide bonds. The molecule has 1 N–H and O–H groups in total. The largest absolute Gasteiger partial charge is 0.459 e. The normalized spacial score (nSPS) is 20.1. The number of furan rings is 1. The Balaban J connectivity index is 1.72. The first-order chi connectivity index (χ1) is 10.3. The van der Waals surface area contributed by atoms with Gasteiger partial charge in [-0.2, -0.15) is 0 Å². The van der Waals surface area contributed by atoms with Gasteiger partial charge < -0.3 is 9.73 Å². The first-order valence-electron chi connectivity index (χ1n) is 8.55. The maximum atomic E-state index is 6.18. The highest BCUT2D eigenvalue weighted by Crippen LogP contribution is 2.46. The van der Waals surface area contributed by atoms with Gasteiger partial charge in [0.05, 0.1) is 6.54 Å². The molecular formula is C19H25NO. The summed E-state index contributed by atoms with van der Waals surface area (Å²) >= 11 is 0. The molecule has 2 fully saturated rings. The zero-order valence-corrected chi connectivity index (χ0v) is 13.1. The van der Waals surface area contributed by atoms with Gasteiger partial charge in [-0.05, 0) is 61.6 Å². The minimum Gasteiger partial charge on any atom is -0.459 e. The fourth-order valence-corrected chi connectivity index (χ4v) is 3.20. The zero-order chi connectivity index (χ0) is 14.4. The number of fused-ring (bicyclic) bond motifs is 1. The van der Waals surface area contributed by atoms with Crippen molar-refractivity contribution in [3.05, 3.63) is 35.1 Å². The second kappa shape index (κ2) is 5.17. The van der Waals surface area contributed by atoms with Crippen LogP contribution in [-0.4, -0.2) is 6.04 Å². The van der Waals surface area contributed by atoms with E-state index in [-0.39, 0.29) is 0 Å². The Kier molecular flexibility index (Phi) is 3.30. The van der Waals surface area contributed by atoms with Crippen molar-refractivity contribution in [2.45, 2.75) is 70.4 Å². The molecule has 2 aromatic rings. The minimum absolute atomic E-state index is 0.629. The molecule has 1 aromatic carbocycles. The van der Waals surface area contributed by atoms with E-state index in [0.717, 1.165) is 24.1 Å². The molecule has 0 aliphatic heterocycles. The number of hydrogen-bond donors (Lipinski definition) is 1. The average molecular weight is 283 g/mol. The summed E-state index contributed by atoms with van der Waals surface area (Å²) in [6.07, 6.45) is 6.52. The highest BCUT2D eigenvalue weighted by molar-refractivity contribution is 5.84. The second-order valence-corrected chi connectivity index (χ2v) is 6.93. The van der Waals surface area contributed by atoms with Crippen LogP contribution in [0.15, 0.2) is 22.6 Å². The van der Waals surface area contributed by atoms with Gasteiger partial charge in [0.15, 0.2) is 0 Å². The Morgan fingerprint density at radius 3 is 2.71 bits per heavy atom. The van der Waals surface area contributed by atoms with Crippen LogP contribution in [0.1, 0.15) is 74.7 Å². The van der Waals surface area contributed by atoms with Crippen LogP contribution in [-0.2, 0) is 6.54 Å². The number of nitrogens with one attached hydrogen (secondary N) is 1. The Morgan fingerprint density at radius 2 is 2.05 bits per heavy atom. The van der Waals surface area contributed by atoms with E-state index in [0.29, 0.717) is 5.92 Å². The summed E-state index contributed by atoms with van der Waals surface area (Å²) in [6, 6.07) is 7.56. The van der Waals surface area contributed by atoms with Gasteiger partial charge in [-0.1, -0.05) is 19.9 Å². The number of benzene rings is 1. The molecule has 0 bridgehead atoms. The third-order valence-corrected chi connectivity index (χ3v) is 5.12. The molecule has 1 unspecified atom stereocenters. The van der Waals surface area contributed by atoms with Crippen LogP contribution in [0.25, 0.3) is 11.0 Å². The van der Waals surface area contributed by atoms with Crippen molar-refractivity contribution in [2.24, 2.45) is 0 Å². The first kappa shape index (κ1) is 13.4. The fraction of sp³-hybridized carbons (Fsp3) is 0.579. The van der Waals surface area contributed by atoms with Gasteiger partial charge >= 0.3 is 0 Å². The summed E-state index contributed by atoms with van der Waals surface area (Å²) in [6.45, 7) is 5.48. The highest BCUT2D eigenvalue weighted by Gasteiger charge is 2.31. The van der Waals surface area contributed by atoms with Gasteiger partial charge in [-0.3, -0.25) is 0 Å². The van der Waals surface area contributed by atoms with E-state index in [1.165, 1.54) is 54.4 Å². The first-order valence-corrected chi connectivity index (χ1v) is 8.55. The molecule has 21 heavy (non-hydrogen) atoms. The molecule has 0 saturated heterocycles. The van der Waals surface area contributed by atoms with E-state index in [1.54, 1.807) is 0 Å². The fourth-order valence-electron chi connectivity index (χ4n) is 3.20. The summed E-state index contributed by atoms with van der Waals surface area (Å²) in [5, 5.41) is 4.99. The van der Waals surface area contributed by atoms with Crippen LogP contribution in [0, 0.1) is 0 Å². The predicted molar refractivity (Wildman–Crippen MR) is 86.8 cm³/mol. The minimum atomic E-state index is 0.629. The summed E-state index contributed by atoms with van der Waals surface area (Å²) in [5.74, 6) is 2.57. The summed E-state index contributed by atoms with van der Waals surface area (Å²) in [4.78, 5) is 0. The van der Waals surface area contributed by atoms with Crippen molar-refractivity contribution in [3.63, 3.8) is 0 Å². The van der Waals surface area contributed by atoms with E-state index < -0.39 is 0 Å². The van der Waals surface area contributed by atoms with Crippen molar-refractivity contribution in [3.8, 4) is 0 Å². The zero-order valence-electron chi connectivity index (χ0n) is 13.1. The third kappa shape index (κ3) is 2.62. The summed E-state index contributed by atoms with van der Waals surface area (Å²) in [7, 11) is 0. The molecule has 2 aliphatic rings. The Bertz CT molecular complexity index is 649. The van der Waals surface area contributed by atoms with Crippen molar-refractivity contribution in [2.75, 3.05) is 0 Å². The molecule has 0 spiro atoms. The molecule has 2 saturated carbocycles. The lowest BCUT2D eigenvalue weighted by Crippen LogP contribution is -2.15. The monoisotopic (exact) mass is 283 g/mol. The quantitative estimate of drug-likeness (QED) is 0.800. The molecule has 2 nitrogen and oxygen atoms in total. The van der Waals surface area contributed by atoms with Gasteiger partial charge in [0.25, 0.3) is 0 Å². The Morgan fingerprint density at radius 1 is 1.24 bits per heavy atom. The summed E-state index contributed by atoms with van der Waals surface area (Å²) in [5.41, 5.74) is 4.04. The topological polar surface area (TPSA) is 25.2 Å². The molecule has 4 rings (SSSR count). The van der Waals surface area contributed by atoms with Crippen LogP contribution in [0.2, 0.25) is 0 Å². The molecule has 112 valence electrons. The van der Waals surface area contributed by atoms with Gasteiger partial charge in [0.2, 0.25) is 0 Å². The molecule has 1 aromatic heterocycles. The maximum Gasteiger partial charge on any atom is 0.134 e. The van der Waals surface area contributed by atoms with Crippen LogP contribution >= 0.6 is 0 Å². The lowest BCUT2D eigenvalue weighted by molar-refractivity contribution is 0.506. The van der Waals surface area contributed by atoms with E-state index in [1.807, 2.05) is 0 Å². The van der Waals surface area contributed by atoms with Crippen molar-refractivity contribution in [1.82, 2.24) is 5.32 Å². The molecule has 2 aliphatic carbocycles. The standard InChI is InChI=1S/C19H25NO/c1-3-12(2)14-6-9-17-16(10-14)19(13-4-5-13)18(21-17)11-20-15-7-8-15/h6,9-10,12-13,15,20H,3-5,7-8,11H2,1-2H3. The van der Waals surface area contributed by atoms with E-state index in [2.05, 4.69) is 37.4 Å². The van der Waals surface area contributed by atoms with Gasteiger partial charge in [0.1, 0.15) is 11.3 Å². The van der Waals surface area contributed by atoms with Gasteiger partial charge in [-0.15, -0.1) is 0 Å². The van der Waals surface area contributed by atoms with Crippen LogP contribution in [0.3, 0.4) is 0 Å². The molecule has 1 heterocycles.